The number of hydrogen-bond acceptors (Lipinski definition) is 2. The normalized spacial score (nSPS) is 37.5. The van der Waals surface area contributed by atoms with E-state index in [-0.39, 0.29) is 0 Å². The molecule has 48 valence electrons. The minimum atomic E-state index is -2.92. The Bertz CT molecular complexity index is 102. The molecular weight excluding hydrogens is 233 g/mol. The molecular formula is C3H3F2IO2. The maximum atomic E-state index is 11.9. The van der Waals surface area contributed by atoms with Gasteiger partial charge < -0.3 is 9.84 Å². The number of alkyl halides is 3. The zero-order valence-electron chi connectivity index (χ0n) is 3.64. The molecule has 2 unspecified atom stereocenters. The van der Waals surface area contributed by atoms with Gasteiger partial charge in [-0.3, -0.25) is 0 Å². The van der Waals surface area contributed by atoms with Gasteiger partial charge in [-0.25, -0.2) is 0 Å². The molecule has 8 heavy (non-hydrogen) atoms. The molecule has 0 aliphatic carbocycles. The van der Waals surface area contributed by atoms with Crippen LogP contribution >= 0.6 is 22.6 Å². The summed E-state index contributed by atoms with van der Waals surface area (Å²) in [4.78, 5) is 0. The van der Waals surface area contributed by atoms with Crippen LogP contribution in [0.1, 0.15) is 0 Å². The fraction of sp³-hybridized carbons (Fsp3) is 1.00. The predicted octanol–water partition coefficient (Wildman–Crippen LogP) is 0.731. The summed E-state index contributed by atoms with van der Waals surface area (Å²) in [6, 6.07) is 0. The summed E-state index contributed by atoms with van der Waals surface area (Å²) in [5, 5.41) is 8.26. The van der Waals surface area contributed by atoms with Gasteiger partial charge in [0.1, 0.15) is 0 Å². The molecule has 1 fully saturated rings. The monoisotopic (exact) mass is 236 g/mol. The number of ether oxygens (including phenoxy) is 1. The Balaban J connectivity index is 2.39. The van der Waals surface area contributed by atoms with Gasteiger partial charge in [-0.05, 0) is 0 Å². The molecule has 1 heterocycles. The molecule has 0 bridgehead atoms. The maximum Gasteiger partial charge on any atom is 0.327 e. The summed E-state index contributed by atoms with van der Waals surface area (Å²) < 4.78 is 24.9. The number of aliphatic hydroxyl groups excluding tert-OH is 1. The molecule has 1 saturated heterocycles. The van der Waals surface area contributed by atoms with Crippen molar-refractivity contribution in [3.05, 3.63) is 0 Å². The second-order valence-corrected chi connectivity index (χ2v) is 2.93. The standard InChI is InChI=1S/C3H3F2IO2/c4-3(5,6)1-2(7)8-1/h1-2,7H. The summed E-state index contributed by atoms with van der Waals surface area (Å²) >= 11 is 0.926. The van der Waals surface area contributed by atoms with Crippen LogP contribution in [0.15, 0.2) is 0 Å². The first-order valence-corrected chi connectivity index (χ1v) is 3.00. The van der Waals surface area contributed by atoms with Crippen LogP contribution in [0, 0.1) is 0 Å². The van der Waals surface area contributed by atoms with Crippen LogP contribution in [-0.2, 0) is 4.74 Å². The van der Waals surface area contributed by atoms with Gasteiger partial charge >= 0.3 is 3.93 Å². The molecule has 0 spiro atoms. The first-order chi connectivity index (χ1) is 3.52. The quantitative estimate of drug-likeness (QED) is 0.413. The molecule has 0 amide bonds. The largest absolute Gasteiger partial charge is 0.366 e. The molecule has 1 rings (SSSR count). The number of rotatable bonds is 1. The minimum absolute atomic E-state index is 0.926. The smallest absolute Gasteiger partial charge is 0.327 e. The van der Waals surface area contributed by atoms with Crippen LogP contribution in [0.25, 0.3) is 0 Å². The van der Waals surface area contributed by atoms with E-state index in [4.69, 9.17) is 5.11 Å². The van der Waals surface area contributed by atoms with Crippen LogP contribution in [0.2, 0.25) is 0 Å². The first-order valence-electron chi connectivity index (χ1n) is 1.92. The van der Waals surface area contributed by atoms with E-state index in [1.54, 1.807) is 0 Å². The Morgan fingerprint density at radius 1 is 1.62 bits per heavy atom. The van der Waals surface area contributed by atoms with Crippen molar-refractivity contribution in [2.75, 3.05) is 0 Å². The number of epoxide rings is 1. The molecule has 0 aromatic carbocycles. The van der Waals surface area contributed by atoms with Gasteiger partial charge in [-0.1, -0.05) is 0 Å². The highest BCUT2D eigenvalue weighted by molar-refractivity contribution is 14.1. The highest BCUT2D eigenvalue weighted by atomic mass is 127. The fourth-order valence-corrected chi connectivity index (χ4v) is 0.798. The Kier molecular flexibility index (Phi) is 1.44. The van der Waals surface area contributed by atoms with Crippen molar-refractivity contribution in [1.82, 2.24) is 0 Å². The third-order valence-corrected chi connectivity index (χ3v) is 1.40. The van der Waals surface area contributed by atoms with Crippen molar-refractivity contribution < 1.29 is 18.6 Å². The van der Waals surface area contributed by atoms with E-state index in [2.05, 4.69) is 4.74 Å². The molecule has 2 atom stereocenters. The van der Waals surface area contributed by atoms with Crippen molar-refractivity contribution in [1.29, 1.82) is 0 Å². The molecule has 1 aliphatic rings. The summed E-state index contributed by atoms with van der Waals surface area (Å²) in [5.74, 6) is 0. The lowest BCUT2D eigenvalue weighted by Gasteiger charge is -1.99. The van der Waals surface area contributed by atoms with Gasteiger partial charge in [0.05, 0.1) is 0 Å². The zero-order valence-corrected chi connectivity index (χ0v) is 5.80. The van der Waals surface area contributed by atoms with Crippen LogP contribution in [0.3, 0.4) is 0 Å². The molecule has 0 aromatic rings. The Hall–Kier alpha value is 0.510. The molecule has 2 nitrogen and oxygen atoms in total. The SMILES string of the molecule is OC1OC1C(F)(F)I. The lowest BCUT2D eigenvalue weighted by molar-refractivity contribution is 0.0891. The van der Waals surface area contributed by atoms with Crippen LogP contribution in [0.4, 0.5) is 8.78 Å². The molecule has 0 aromatic heterocycles. The highest BCUT2D eigenvalue weighted by Gasteiger charge is 2.55. The lowest BCUT2D eigenvalue weighted by Crippen LogP contribution is -2.15. The molecule has 1 N–H and O–H groups in total. The van der Waals surface area contributed by atoms with Crippen molar-refractivity contribution in [3.8, 4) is 0 Å². The van der Waals surface area contributed by atoms with E-state index in [0.717, 1.165) is 22.6 Å². The van der Waals surface area contributed by atoms with Crippen LogP contribution in [-0.4, -0.2) is 21.4 Å². The molecule has 0 radical (unpaired) electrons. The Morgan fingerprint density at radius 2 is 2.00 bits per heavy atom. The maximum absolute atomic E-state index is 11.9. The predicted molar refractivity (Wildman–Crippen MR) is 29.8 cm³/mol. The van der Waals surface area contributed by atoms with Gasteiger partial charge in [0.2, 0.25) is 0 Å². The van der Waals surface area contributed by atoms with E-state index in [0.29, 0.717) is 0 Å². The van der Waals surface area contributed by atoms with E-state index >= 15 is 0 Å². The van der Waals surface area contributed by atoms with Gasteiger partial charge in [-0.2, -0.15) is 8.78 Å². The average molecular weight is 236 g/mol. The zero-order chi connectivity index (χ0) is 6.36. The number of halogens is 3. The van der Waals surface area contributed by atoms with Crippen molar-refractivity contribution in [2.24, 2.45) is 0 Å². The average Bonchev–Trinajstić information content (AvgIpc) is 2.13. The van der Waals surface area contributed by atoms with Gasteiger partial charge in [0.15, 0.2) is 12.4 Å². The summed E-state index contributed by atoms with van der Waals surface area (Å²) in [6.07, 6.45) is -2.52. The van der Waals surface area contributed by atoms with Gasteiger partial charge in [0, 0.05) is 22.6 Å². The van der Waals surface area contributed by atoms with Gasteiger partial charge in [0.25, 0.3) is 0 Å². The number of hydrogen-bond donors (Lipinski definition) is 1. The minimum Gasteiger partial charge on any atom is -0.366 e. The first kappa shape index (κ1) is 6.63. The lowest BCUT2D eigenvalue weighted by atomic mass is 10.5. The topological polar surface area (TPSA) is 32.8 Å². The van der Waals surface area contributed by atoms with Crippen molar-refractivity contribution in [2.45, 2.75) is 16.3 Å². The van der Waals surface area contributed by atoms with Crippen LogP contribution in [0.5, 0.6) is 0 Å². The van der Waals surface area contributed by atoms with Crippen molar-refractivity contribution >= 4 is 22.6 Å². The van der Waals surface area contributed by atoms with E-state index in [1.807, 2.05) is 0 Å². The molecule has 1 aliphatic heterocycles. The number of aliphatic hydroxyl groups is 1. The third kappa shape index (κ3) is 1.26. The van der Waals surface area contributed by atoms with E-state index in [9.17, 15) is 8.78 Å². The van der Waals surface area contributed by atoms with Crippen LogP contribution < -0.4 is 0 Å². The summed E-state index contributed by atoms with van der Waals surface area (Å²) in [7, 11) is 0. The van der Waals surface area contributed by atoms with Gasteiger partial charge in [-0.15, -0.1) is 0 Å². The van der Waals surface area contributed by atoms with Crippen molar-refractivity contribution in [3.63, 3.8) is 0 Å². The molecule has 5 heteroatoms. The van der Waals surface area contributed by atoms with E-state index in [1.165, 1.54) is 0 Å². The summed E-state index contributed by atoms with van der Waals surface area (Å²) in [5.41, 5.74) is 0. The molecule has 0 saturated carbocycles. The Labute approximate surface area is 58.0 Å². The third-order valence-electron chi connectivity index (χ3n) is 0.791. The fourth-order valence-electron chi connectivity index (χ4n) is 0.344. The summed E-state index contributed by atoms with van der Waals surface area (Å²) in [6.45, 7) is 0. The second kappa shape index (κ2) is 1.74. The van der Waals surface area contributed by atoms with E-state index < -0.39 is 16.3 Å². The Morgan fingerprint density at radius 3 is 2.00 bits per heavy atom. The highest BCUT2D eigenvalue weighted by Crippen LogP contribution is 2.39. The second-order valence-electron chi connectivity index (χ2n) is 1.49.